The number of rotatable bonds is 3. The number of nitrogens with zero attached hydrogens (tertiary/aromatic N) is 2. The van der Waals surface area contributed by atoms with Gasteiger partial charge in [0.1, 0.15) is 0 Å². The van der Waals surface area contributed by atoms with Crippen molar-refractivity contribution >= 4 is 11.4 Å². The van der Waals surface area contributed by atoms with Crippen LogP contribution in [0.2, 0.25) is 0 Å². The van der Waals surface area contributed by atoms with E-state index >= 15 is 0 Å². The molecule has 0 bridgehead atoms. The van der Waals surface area contributed by atoms with Gasteiger partial charge in [-0.15, -0.1) is 0 Å². The molecule has 1 heterocycles. The molecule has 0 aromatic heterocycles. The van der Waals surface area contributed by atoms with Gasteiger partial charge in [0.25, 0.3) is 0 Å². The van der Waals surface area contributed by atoms with Crippen LogP contribution in [-0.2, 0) is 0 Å². The molecule has 1 aromatic rings. The monoisotopic (exact) mass is 247 g/mol. The fraction of sp³-hybridized carbons (Fsp3) is 0.600. The largest absolute Gasteiger partial charge is 0.376 e. The third-order valence-corrected chi connectivity index (χ3v) is 3.68. The zero-order chi connectivity index (χ0) is 13.0. The van der Waals surface area contributed by atoms with Crippen LogP contribution in [0.5, 0.6) is 0 Å². The fourth-order valence-corrected chi connectivity index (χ4v) is 2.60. The van der Waals surface area contributed by atoms with Gasteiger partial charge in [-0.1, -0.05) is 19.1 Å². The Morgan fingerprint density at radius 1 is 1.33 bits per heavy atom. The molecule has 0 radical (unpaired) electrons. The van der Waals surface area contributed by atoms with E-state index < -0.39 is 0 Å². The molecule has 1 unspecified atom stereocenters. The maximum absolute atomic E-state index is 3.62. The average molecular weight is 247 g/mol. The Labute approximate surface area is 111 Å². The number of hydrogen-bond donors (Lipinski definition) is 1. The number of para-hydroxylation sites is 2. The third-order valence-electron chi connectivity index (χ3n) is 3.68. The molecule has 3 nitrogen and oxygen atoms in total. The first-order chi connectivity index (χ1) is 8.72. The van der Waals surface area contributed by atoms with Gasteiger partial charge in [-0.3, -0.25) is 0 Å². The van der Waals surface area contributed by atoms with Gasteiger partial charge in [0.05, 0.1) is 11.4 Å². The summed E-state index contributed by atoms with van der Waals surface area (Å²) in [5.41, 5.74) is 2.68. The second-order valence-electron chi connectivity index (χ2n) is 5.24. The van der Waals surface area contributed by atoms with Gasteiger partial charge >= 0.3 is 0 Å². The lowest BCUT2D eigenvalue weighted by molar-refractivity contribution is 0.528. The highest BCUT2D eigenvalue weighted by atomic mass is 15.2. The molecule has 0 aliphatic carbocycles. The number of benzene rings is 1. The van der Waals surface area contributed by atoms with Crippen molar-refractivity contribution in [2.24, 2.45) is 0 Å². The summed E-state index contributed by atoms with van der Waals surface area (Å²) in [6.07, 6.45) is 2.42. The maximum Gasteiger partial charge on any atom is 0.0604 e. The van der Waals surface area contributed by atoms with Crippen molar-refractivity contribution in [3.05, 3.63) is 24.3 Å². The van der Waals surface area contributed by atoms with Crippen LogP contribution in [0, 0.1) is 0 Å². The van der Waals surface area contributed by atoms with Gasteiger partial charge in [0, 0.05) is 33.2 Å². The van der Waals surface area contributed by atoms with E-state index in [0.717, 1.165) is 19.6 Å². The van der Waals surface area contributed by atoms with Crippen molar-refractivity contribution < 1.29 is 0 Å². The lowest BCUT2D eigenvalue weighted by atomic mass is 10.2. The summed E-state index contributed by atoms with van der Waals surface area (Å²) in [5.74, 6) is 0. The zero-order valence-corrected chi connectivity index (χ0v) is 11.8. The maximum atomic E-state index is 3.62. The summed E-state index contributed by atoms with van der Waals surface area (Å²) in [5, 5.41) is 3.62. The summed E-state index contributed by atoms with van der Waals surface area (Å²) in [6.45, 7) is 5.66. The molecular formula is C15H25N3. The highest BCUT2D eigenvalue weighted by Gasteiger charge is 2.18. The molecule has 1 aliphatic rings. The molecule has 1 fully saturated rings. The molecule has 1 N–H and O–H groups in total. The lowest BCUT2D eigenvalue weighted by Gasteiger charge is -2.30. The van der Waals surface area contributed by atoms with Crippen molar-refractivity contribution in [3.8, 4) is 0 Å². The molecule has 1 aromatic carbocycles. The van der Waals surface area contributed by atoms with E-state index in [2.05, 4.69) is 60.4 Å². The van der Waals surface area contributed by atoms with Crippen LogP contribution >= 0.6 is 0 Å². The van der Waals surface area contributed by atoms with E-state index in [9.17, 15) is 0 Å². The summed E-state index contributed by atoms with van der Waals surface area (Å²) < 4.78 is 0. The van der Waals surface area contributed by atoms with Crippen LogP contribution in [0.25, 0.3) is 0 Å². The van der Waals surface area contributed by atoms with E-state index in [4.69, 9.17) is 0 Å². The van der Waals surface area contributed by atoms with Gasteiger partial charge in [-0.05, 0) is 31.5 Å². The van der Waals surface area contributed by atoms with Crippen LogP contribution in [0.1, 0.15) is 19.8 Å². The Morgan fingerprint density at radius 2 is 2.11 bits per heavy atom. The molecule has 0 saturated carbocycles. The van der Waals surface area contributed by atoms with Gasteiger partial charge in [0.15, 0.2) is 0 Å². The lowest BCUT2D eigenvalue weighted by Crippen LogP contribution is -2.37. The third kappa shape index (κ3) is 2.96. The Kier molecular flexibility index (Phi) is 4.48. The molecule has 18 heavy (non-hydrogen) atoms. The molecule has 1 saturated heterocycles. The summed E-state index contributed by atoms with van der Waals surface area (Å²) in [7, 11) is 4.23. The highest BCUT2D eigenvalue weighted by Crippen LogP contribution is 2.28. The topological polar surface area (TPSA) is 18.5 Å². The van der Waals surface area contributed by atoms with Crippen molar-refractivity contribution in [1.82, 2.24) is 5.32 Å². The van der Waals surface area contributed by atoms with Crippen molar-refractivity contribution in [3.63, 3.8) is 0 Å². The minimum atomic E-state index is 0.614. The quantitative estimate of drug-likeness (QED) is 0.884. The second-order valence-corrected chi connectivity index (χ2v) is 5.24. The summed E-state index contributed by atoms with van der Waals surface area (Å²) in [4.78, 5) is 4.73. The van der Waals surface area contributed by atoms with E-state index in [1.165, 1.54) is 24.2 Å². The minimum absolute atomic E-state index is 0.614. The van der Waals surface area contributed by atoms with Crippen molar-refractivity contribution in [2.45, 2.75) is 25.8 Å². The Hall–Kier alpha value is -1.22. The van der Waals surface area contributed by atoms with Gasteiger partial charge < -0.3 is 15.1 Å². The predicted octanol–water partition coefficient (Wildman–Crippen LogP) is 2.33. The summed E-state index contributed by atoms with van der Waals surface area (Å²) in [6, 6.07) is 9.32. The molecule has 1 atom stereocenters. The minimum Gasteiger partial charge on any atom is -0.376 e. The van der Waals surface area contributed by atoms with E-state index in [1.54, 1.807) is 0 Å². The first-order valence-corrected chi connectivity index (χ1v) is 6.97. The second kappa shape index (κ2) is 6.10. The van der Waals surface area contributed by atoms with Crippen molar-refractivity contribution in [2.75, 3.05) is 43.5 Å². The number of nitrogens with one attached hydrogen (secondary N) is 1. The molecule has 2 rings (SSSR count). The fourth-order valence-electron chi connectivity index (χ4n) is 2.60. The normalized spacial score (nSPS) is 20.6. The molecule has 3 heteroatoms. The first kappa shape index (κ1) is 13.2. The van der Waals surface area contributed by atoms with E-state index in [0.29, 0.717) is 6.04 Å². The standard InChI is InChI=1S/C15H25N3/c1-4-13-12-18(11-7-10-16-13)15-9-6-5-8-14(15)17(2)3/h5-6,8-9,13,16H,4,7,10-12H2,1-3H3. The molecule has 1 aliphatic heterocycles. The molecular weight excluding hydrogens is 222 g/mol. The molecule has 0 spiro atoms. The Balaban J connectivity index is 2.23. The van der Waals surface area contributed by atoms with Crippen LogP contribution in [0.4, 0.5) is 11.4 Å². The SMILES string of the molecule is CCC1CN(c2ccccc2N(C)C)CCCN1. The smallest absolute Gasteiger partial charge is 0.0604 e. The average Bonchev–Trinajstić information content (AvgIpc) is 2.64. The van der Waals surface area contributed by atoms with Crippen molar-refractivity contribution in [1.29, 1.82) is 0 Å². The highest BCUT2D eigenvalue weighted by molar-refractivity contribution is 5.70. The zero-order valence-electron chi connectivity index (χ0n) is 11.8. The van der Waals surface area contributed by atoms with E-state index in [-0.39, 0.29) is 0 Å². The van der Waals surface area contributed by atoms with Crippen LogP contribution in [0.15, 0.2) is 24.3 Å². The van der Waals surface area contributed by atoms with Crippen LogP contribution < -0.4 is 15.1 Å². The number of anilines is 2. The summed E-state index contributed by atoms with van der Waals surface area (Å²) >= 11 is 0. The van der Waals surface area contributed by atoms with Crippen LogP contribution in [-0.4, -0.2) is 39.8 Å². The van der Waals surface area contributed by atoms with Crippen LogP contribution in [0.3, 0.4) is 0 Å². The number of hydrogen-bond acceptors (Lipinski definition) is 3. The van der Waals surface area contributed by atoms with E-state index in [1.807, 2.05) is 0 Å². The first-order valence-electron chi connectivity index (χ1n) is 6.97. The molecule has 0 amide bonds. The Bertz CT molecular complexity index is 376. The van der Waals surface area contributed by atoms with Gasteiger partial charge in [-0.25, -0.2) is 0 Å². The van der Waals surface area contributed by atoms with Gasteiger partial charge in [0.2, 0.25) is 0 Å². The Morgan fingerprint density at radius 3 is 2.83 bits per heavy atom. The van der Waals surface area contributed by atoms with Gasteiger partial charge in [-0.2, -0.15) is 0 Å². The molecule has 100 valence electrons. The predicted molar refractivity (Wildman–Crippen MR) is 79.7 cm³/mol.